The monoisotopic (exact) mass is 379 g/mol. The summed E-state index contributed by atoms with van der Waals surface area (Å²) in [6.45, 7) is 4.42. The van der Waals surface area contributed by atoms with Gasteiger partial charge in [0.2, 0.25) is 0 Å². The molecule has 2 atom stereocenters. The molecule has 29 heavy (non-hydrogen) atoms. The summed E-state index contributed by atoms with van der Waals surface area (Å²) in [5.74, 6) is 3.45. The highest BCUT2D eigenvalue weighted by Crippen LogP contribution is 2.56. The van der Waals surface area contributed by atoms with Crippen LogP contribution in [0.1, 0.15) is 66.2 Å². The minimum absolute atomic E-state index is 0.767. The number of pyridine rings is 1. The van der Waals surface area contributed by atoms with E-state index in [1.807, 2.05) is 0 Å². The molecule has 2 fully saturated rings. The number of hydrogen-bond acceptors (Lipinski definition) is 1. The second-order valence-electron chi connectivity index (χ2n) is 9.85. The predicted molar refractivity (Wildman–Crippen MR) is 120 cm³/mol. The molecular formula is C28H29N. The first-order valence-corrected chi connectivity index (χ1v) is 11.3. The molecule has 1 heterocycles. The molecule has 4 bridgehead atoms. The number of aryl methyl sites for hydroxylation is 2. The van der Waals surface area contributed by atoms with Crippen LogP contribution in [0.15, 0.2) is 54.7 Å². The van der Waals surface area contributed by atoms with Crippen LogP contribution in [-0.2, 0) is 0 Å². The highest BCUT2D eigenvalue weighted by Gasteiger charge is 2.42. The summed E-state index contributed by atoms with van der Waals surface area (Å²) < 4.78 is 0. The summed E-state index contributed by atoms with van der Waals surface area (Å²) in [5.41, 5.74) is 10.9. The fourth-order valence-electron chi connectivity index (χ4n) is 6.80. The first-order valence-electron chi connectivity index (χ1n) is 11.3. The van der Waals surface area contributed by atoms with Gasteiger partial charge in [0.1, 0.15) is 0 Å². The Morgan fingerprint density at radius 2 is 1.31 bits per heavy atom. The Hall–Kier alpha value is -2.41. The zero-order valence-electron chi connectivity index (χ0n) is 17.5. The lowest BCUT2D eigenvalue weighted by molar-refractivity contribution is 0.166. The van der Waals surface area contributed by atoms with E-state index in [4.69, 9.17) is 4.98 Å². The largest absolute Gasteiger partial charge is 0.256 e. The Morgan fingerprint density at radius 3 is 2.03 bits per heavy atom. The summed E-state index contributed by atoms with van der Waals surface area (Å²) in [6, 6.07) is 18.0. The smallest absolute Gasteiger partial charge is 0.0705 e. The van der Waals surface area contributed by atoms with Gasteiger partial charge < -0.3 is 0 Å². The molecule has 2 unspecified atom stereocenters. The Morgan fingerprint density at radius 1 is 0.690 bits per heavy atom. The van der Waals surface area contributed by atoms with Gasteiger partial charge in [-0.1, -0.05) is 36.4 Å². The van der Waals surface area contributed by atoms with Gasteiger partial charge in [-0.2, -0.15) is 0 Å². The zero-order chi connectivity index (χ0) is 19.5. The average Bonchev–Trinajstić information content (AvgIpc) is 2.89. The van der Waals surface area contributed by atoms with Crippen molar-refractivity contribution in [3.05, 3.63) is 77.0 Å². The van der Waals surface area contributed by atoms with Crippen molar-refractivity contribution in [2.45, 2.75) is 57.8 Å². The maximum Gasteiger partial charge on any atom is 0.0705 e. The molecule has 1 nitrogen and oxygen atoms in total. The molecule has 4 aliphatic rings. The lowest BCUT2D eigenvalue weighted by atomic mass is 9.67. The van der Waals surface area contributed by atoms with Gasteiger partial charge in [-0.15, -0.1) is 0 Å². The molecule has 0 spiro atoms. The SMILES string of the molecule is Cc1cccc(C)c1-c1cccc(-c2cc3c(cn2)C2CC4CC(C2)CC3C4)c1. The molecule has 3 aromatic rings. The van der Waals surface area contributed by atoms with Crippen LogP contribution in [0, 0.1) is 25.7 Å². The number of nitrogens with zero attached hydrogens (tertiary/aromatic N) is 1. The minimum atomic E-state index is 0.767. The summed E-state index contributed by atoms with van der Waals surface area (Å²) >= 11 is 0. The van der Waals surface area contributed by atoms with Crippen LogP contribution >= 0.6 is 0 Å². The van der Waals surface area contributed by atoms with E-state index >= 15 is 0 Å². The Bertz CT molecular complexity index is 1060. The third kappa shape index (κ3) is 2.86. The number of hydrogen-bond donors (Lipinski definition) is 0. The van der Waals surface area contributed by atoms with Gasteiger partial charge in [-0.05, 0) is 115 Å². The van der Waals surface area contributed by atoms with Gasteiger partial charge in [0.25, 0.3) is 0 Å². The van der Waals surface area contributed by atoms with E-state index in [0.717, 1.165) is 29.4 Å². The molecule has 2 aromatic carbocycles. The lowest BCUT2D eigenvalue weighted by Crippen LogP contribution is -2.25. The van der Waals surface area contributed by atoms with E-state index < -0.39 is 0 Å². The highest BCUT2D eigenvalue weighted by molar-refractivity contribution is 5.75. The average molecular weight is 380 g/mol. The normalized spacial score (nSPS) is 27.0. The Kier molecular flexibility index (Phi) is 3.94. The molecule has 0 amide bonds. The van der Waals surface area contributed by atoms with Gasteiger partial charge in [0.05, 0.1) is 5.69 Å². The summed E-state index contributed by atoms with van der Waals surface area (Å²) in [4.78, 5) is 4.98. The third-order valence-corrected chi connectivity index (χ3v) is 7.91. The van der Waals surface area contributed by atoms with Gasteiger partial charge in [0, 0.05) is 11.8 Å². The van der Waals surface area contributed by atoms with E-state index in [2.05, 4.69) is 68.6 Å². The van der Waals surface area contributed by atoms with Crippen LogP contribution in [0.3, 0.4) is 0 Å². The van der Waals surface area contributed by atoms with Crippen molar-refractivity contribution in [1.82, 2.24) is 4.98 Å². The van der Waals surface area contributed by atoms with Crippen molar-refractivity contribution >= 4 is 0 Å². The first kappa shape index (κ1) is 17.4. The maximum absolute atomic E-state index is 4.98. The second-order valence-corrected chi connectivity index (χ2v) is 9.85. The molecular weight excluding hydrogens is 350 g/mol. The van der Waals surface area contributed by atoms with Crippen LogP contribution in [0.25, 0.3) is 22.4 Å². The maximum atomic E-state index is 4.98. The van der Waals surface area contributed by atoms with Crippen molar-refractivity contribution in [2.75, 3.05) is 0 Å². The summed E-state index contributed by atoms with van der Waals surface area (Å²) in [5, 5.41) is 0. The van der Waals surface area contributed by atoms with Crippen LogP contribution in [-0.4, -0.2) is 4.98 Å². The van der Waals surface area contributed by atoms with Gasteiger partial charge >= 0.3 is 0 Å². The molecule has 4 aliphatic carbocycles. The number of aromatic nitrogens is 1. The van der Waals surface area contributed by atoms with E-state index in [-0.39, 0.29) is 0 Å². The summed E-state index contributed by atoms with van der Waals surface area (Å²) in [6.07, 6.45) is 9.35. The molecule has 0 aliphatic heterocycles. The van der Waals surface area contributed by atoms with Crippen LogP contribution < -0.4 is 0 Å². The molecule has 1 heteroatoms. The molecule has 0 radical (unpaired) electrons. The van der Waals surface area contributed by atoms with E-state index in [1.54, 1.807) is 11.1 Å². The fraction of sp³-hybridized carbons (Fsp3) is 0.393. The first-order chi connectivity index (χ1) is 14.2. The van der Waals surface area contributed by atoms with Gasteiger partial charge in [-0.25, -0.2) is 0 Å². The lowest BCUT2D eigenvalue weighted by Gasteiger charge is -2.38. The summed E-state index contributed by atoms with van der Waals surface area (Å²) in [7, 11) is 0. The van der Waals surface area contributed by atoms with Crippen LogP contribution in [0.2, 0.25) is 0 Å². The Balaban J connectivity index is 1.43. The van der Waals surface area contributed by atoms with E-state index in [1.165, 1.54) is 59.9 Å². The standard InChI is InChI=1S/C28H29N/c1-17-5-3-6-18(2)28(17)22-8-4-7-21(14-22)27-15-25-23-10-19-9-20(11-23)13-24(12-19)26(25)16-29-27/h3-8,14-16,19-20,23-24H,9-13H2,1-2H3. The van der Waals surface area contributed by atoms with Gasteiger partial charge in [0.15, 0.2) is 0 Å². The zero-order valence-corrected chi connectivity index (χ0v) is 17.5. The van der Waals surface area contributed by atoms with E-state index in [0.29, 0.717) is 0 Å². The topological polar surface area (TPSA) is 12.9 Å². The molecule has 146 valence electrons. The van der Waals surface area contributed by atoms with Crippen molar-refractivity contribution in [3.63, 3.8) is 0 Å². The fourth-order valence-corrected chi connectivity index (χ4v) is 6.80. The van der Waals surface area contributed by atoms with Crippen molar-refractivity contribution in [2.24, 2.45) is 11.8 Å². The number of benzene rings is 2. The minimum Gasteiger partial charge on any atom is -0.256 e. The van der Waals surface area contributed by atoms with Crippen LogP contribution in [0.5, 0.6) is 0 Å². The quantitative estimate of drug-likeness (QED) is 0.451. The molecule has 0 saturated heterocycles. The van der Waals surface area contributed by atoms with Crippen molar-refractivity contribution < 1.29 is 0 Å². The molecule has 1 aromatic heterocycles. The van der Waals surface area contributed by atoms with E-state index in [9.17, 15) is 0 Å². The molecule has 7 rings (SSSR count). The van der Waals surface area contributed by atoms with Crippen molar-refractivity contribution in [3.8, 4) is 22.4 Å². The van der Waals surface area contributed by atoms with Crippen molar-refractivity contribution in [1.29, 1.82) is 0 Å². The van der Waals surface area contributed by atoms with Gasteiger partial charge in [-0.3, -0.25) is 4.98 Å². The Labute approximate surface area is 174 Å². The highest BCUT2D eigenvalue weighted by atomic mass is 14.7. The molecule has 2 saturated carbocycles. The number of rotatable bonds is 2. The van der Waals surface area contributed by atoms with Crippen LogP contribution in [0.4, 0.5) is 0 Å². The predicted octanol–water partition coefficient (Wildman–Crippen LogP) is 7.42. The second kappa shape index (κ2) is 6.55. The molecule has 0 N–H and O–H groups in total. The third-order valence-electron chi connectivity index (χ3n) is 7.91.